The quantitative estimate of drug-likeness (QED) is 0.197. The number of benzene rings is 6. The largest absolute Gasteiger partial charge is 0.247 e. The molecule has 0 N–H and O–H groups in total. The first kappa shape index (κ1) is 28.1. The van der Waals surface area contributed by atoms with E-state index in [0.29, 0.717) is 0 Å². The van der Waals surface area contributed by atoms with Crippen LogP contribution in [0.25, 0.3) is 0 Å². The lowest BCUT2D eigenvalue weighted by Gasteiger charge is -2.11. The van der Waals surface area contributed by atoms with Crippen molar-refractivity contribution in [2.24, 2.45) is 9.98 Å². The Morgan fingerprint density at radius 1 is 0.386 bits per heavy atom. The van der Waals surface area contributed by atoms with E-state index in [0.717, 1.165) is 28.4 Å². The van der Waals surface area contributed by atoms with Crippen molar-refractivity contribution in [3.63, 3.8) is 0 Å². The van der Waals surface area contributed by atoms with Crippen LogP contribution in [0.15, 0.2) is 175 Å². The number of hydrogen-bond acceptors (Lipinski definition) is 4. The standard InChI is InChI=1S/2C20H15NS/c1-14-10-12-15(13-11-14)20-16-6-2-4-8-18(16)22-19-9-5-3-7-17(19)21-20;1-14-8-2-3-9-15(14)20-16-10-4-6-12-18(16)22-19-13-7-5-11-17(19)21-20/h2*2-13H,1H3. The topological polar surface area (TPSA) is 24.7 Å². The molecule has 0 saturated carbocycles. The van der Waals surface area contributed by atoms with Crippen molar-refractivity contribution < 1.29 is 0 Å². The van der Waals surface area contributed by atoms with Crippen LogP contribution < -0.4 is 0 Å². The molecule has 0 saturated heterocycles. The molecule has 0 bridgehead atoms. The molecule has 212 valence electrons. The van der Waals surface area contributed by atoms with E-state index in [2.05, 4.69) is 147 Å². The molecule has 2 heterocycles. The van der Waals surface area contributed by atoms with Crippen LogP contribution in [0, 0.1) is 13.8 Å². The van der Waals surface area contributed by atoms with Gasteiger partial charge in [-0.15, -0.1) is 0 Å². The minimum atomic E-state index is 1.04. The fourth-order valence-corrected chi connectivity index (χ4v) is 7.39. The average Bonchev–Trinajstić information content (AvgIpc) is 3.34. The second-order valence-corrected chi connectivity index (χ2v) is 12.9. The monoisotopic (exact) mass is 602 g/mol. The summed E-state index contributed by atoms with van der Waals surface area (Å²) in [4.78, 5) is 14.9. The predicted molar refractivity (Wildman–Crippen MR) is 187 cm³/mol. The second-order valence-electron chi connectivity index (χ2n) is 10.7. The predicted octanol–water partition coefficient (Wildman–Crippen LogP) is 11.3. The molecule has 2 aliphatic rings. The van der Waals surface area contributed by atoms with Crippen molar-refractivity contribution in [2.75, 3.05) is 0 Å². The summed E-state index contributed by atoms with van der Waals surface area (Å²) < 4.78 is 0. The molecule has 0 radical (unpaired) electrons. The van der Waals surface area contributed by atoms with Crippen molar-refractivity contribution in [1.29, 1.82) is 0 Å². The van der Waals surface area contributed by atoms with Gasteiger partial charge in [0, 0.05) is 41.8 Å². The molecule has 2 nitrogen and oxygen atoms in total. The minimum absolute atomic E-state index is 1.04. The fourth-order valence-electron chi connectivity index (χ4n) is 5.35. The molecule has 2 aliphatic heterocycles. The van der Waals surface area contributed by atoms with Gasteiger partial charge >= 0.3 is 0 Å². The normalized spacial score (nSPS) is 12.9. The maximum absolute atomic E-state index is 5.01. The van der Waals surface area contributed by atoms with Crippen LogP contribution in [0.4, 0.5) is 11.4 Å². The summed E-state index contributed by atoms with van der Waals surface area (Å²) in [6.45, 7) is 4.25. The van der Waals surface area contributed by atoms with E-state index in [1.165, 1.54) is 47.4 Å². The van der Waals surface area contributed by atoms with Crippen molar-refractivity contribution in [2.45, 2.75) is 33.4 Å². The summed E-state index contributed by atoms with van der Waals surface area (Å²) in [6.07, 6.45) is 0. The van der Waals surface area contributed by atoms with E-state index in [4.69, 9.17) is 9.98 Å². The summed E-state index contributed by atoms with van der Waals surface area (Å²) >= 11 is 3.58. The van der Waals surface area contributed by atoms with E-state index in [9.17, 15) is 0 Å². The molecule has 0 spiro atoms. The average molecular weight is 603 g/mol. The highest BCUT2D eigenvalue weighted by Gasteiger charge is 2.20. The Kier molecular flexibility index (Phi) is 8.02. The van der Waals surface area contributed by atoms with Crippen molar-refractivity contribution in [3.05, 3.63) is 179 Å². The van der Waals surface area contributed by atoms with Crippen LogP contribution in [0.5, 0.6) is 0 Å². The van der Waals surface area contributed by atoms with Gasteiger partial charge in [0.05, 0.1) is 22.8 Å². The molecule has 6 aromatic carbocycles. The maximum atomic E-state index is 5.01. The summed E-state index contributed by atoms with van der Waals surface area (Å²) in [7, 11) is 0. The first-order chi connectivity index (χ1) is 21.6. The molecular weight excluding hydrogens is 573 g/mol. The van der Waals surface area contributed by atoms with Crippen molar-refractivity contribution >= 4 is 46.3 Å². The molecule has 44 heavy (non-hydrogen) atoms. The Bertz CT molecular complexity index is 2040. The molecule has 0 amide bonds. The Morgan fingerprint density at radius 3 is 1.39 bits per heavy atom. The smallest absolute Gasteiger partial charge is 0.0796 e. The summed E-state index contributed by atoms with van der Waals surface area (Å²) in [5.41, 5.74) is 11.5. The second kappa shape index (κ2) is 12.5. The summed E-state index contributed by atoms with van der Waals surface area (Å²) in [6, 6.07) is 50.8. The Morgan fingerprint density at radius 2 is 0.818 bits per heavy atom. The van der Waals surface area contributed by atoms with Gasteiger partial charge in [0.25, 0.3) is 0 Å². The first-order valence-corrected chi connectivity index (χ1v) is 16.3. The van der Waals surface area contributed by atoms with Crippen LogP contribution in [0.1, 0.15) is 33.4 Å². The summed E-state index contributed by atoms with van der Waals surface area (Å²) in [5.74, 6) is 0. The van der Waals surface area contributed by atoms with Crippen molar-refractivity contribution in [3.8, 4) is 0 Å². The number of nitrogens with zero attached hydrogens (tertiary/aromatic N) is 2. The molecule has 0 unspecified atom stereocenters. The minimum Gasteiger partial charge on any atom is -0.247 e. The van der Waals surface area contributed by atoms with E-state index in [1.54, 1.807) is 23.5 Å². The van der Waals surface area contributed by atoms with Crippen LogP contribution in [-0.2, 0) is 0 Å². The van der Waals surface area contributed by atoms with Gasteiger partial charge in [-0.2, -0.15) is 0 Å². The Labute approximate surface area is 267 Å². The third kappa shape index (κ3) is 5.79. The van der Waals surface area contributed by atoms with E-state index < -0.39 is 0 Å². The van der Waals surface area contributed by atoms with Gasteiger partial charge in [-0.25, -0.2) is 9.98 Å². The number of aryl methyl sites for hydroxylation is 2. The van der Waals surface area contributed by atoms with Crippen LogP contribution in [-0.4, -0.2) is 11.4 Å². The molecule has 4 heteroatoms. The lowest BCUT2D eigenvalue weighted by molar-refractivity contribution is 1.36. The lowest BCUT2D eigenvalue weighted by atomic mass is 9.98. The zero-order valence-corrected chi connectivity index (χ0v) is 26.2. The van der Waals surface area contributed by atoms with E-state index in [1.807, 2.05) is 12.1 Å². The van der Waals surface area contributed by atoms with Gasteiger partial charge in [0.15, 0.2) is 0 Å². The summed E-state index contributed by atoms with van der Waals surface area (Å²) in [5, 5.41) is 0. The Hall–Kier alpha value is -4.64. The zero-order chi connectivity index (χ0) is 29.9. The third-order valence-corrected chi connectivity index (χ3v) is 9.93. The zero-order valence-electron chi connectivity index (χ0n) is 24.6. The molecule has 0 aliphatic carbocycles. The fraction of sp³-hybridized carbons (Fsp3) is 0.0500. The third-order valence-electron chi connectivity index (χ3n) is 7.64. The highest BCUT2D eigenvalue weighted by atomic mass is 32.2. The molecule has 0 fully saturated rings. The maximum Gasteiger partial charge on any atom is 0.0796 e. The number of aliphatic imine (C=N–C) groups is 2. The number of fused-ring (bicyclic) bond motifs is 4. The van der Waals surface area contributed by atoms with E-state index in [-0.39, 0.29) is 0 Å². The number of rotatable bonds is 2. The molecule has 0 aromatic heterocycles. The van der Waals surface area contributed by atoms with Gasteiger partial charge in [-0.05, 0) is 55.8 Å². The van der Waals surface area contributed by atoms with Crippen LogP contribution in [0.2, 0.25) is 0 Å². The van der Waals surface area contributed by atoms with Crippen molar-refractivity contribution in [1.82, 2.24) is 0 Å². The highest BCUT2D eigenvalue weighted by Crippen LogP contribution is 2.42. The van der Waals surface area contributed by atoms with Crippen LogP contribution in [0.3, 0.4) is 0 Å². The molecule has 0 atom stereocenters. The number of hydrogen-bond donors (Lipinski definition) is 0. The highest BCUT2D eigenvalue weighted by molar-refractivity contribution is 7.99. The van der Waals surface area contributed by atoms with Crippen LogP contribution >= 0.6 is 23.5 Å². The Balaban J connectivity index is 0.000000142. The van der Waals surface area contributed by atoms with Gasteiger partial charge in [-0.1, -0.05) is 138 Å². The molecule has 8 rings (SSSR count). The van der Waals surface area contributed by atoms with Gasteiger partial charge in [0.2, 0.25) is 0 Å². The van der Waals surface area contributed by atoms with E-state index >= 15 is 0 Å². The van der Waals surface area contributed by atoms with Gasteiger partial charge < -0.3 is 0 Å². The lowest BCUT2D eigenvalue weighted by Crippen LogP contribution is -2.05. The first-order valence-electron chi connectivity index (χ1n) is 14.7. The molecular formula is C40H30N2S2. The van der Waals surface area contributed by atoms with Gasteiger partial charge in [-0.3, -0.25) is 0 Å². The van der Waals surface area contributed by atoms with Gasteiger partial charge in [0.1, 0.15) is 0 Å². The molecule has 6 aromatic rings. The SMILES string of the molecule is Cc1ccc(C2=Nc3ccccc3Sc3ccccc32)cc1.Cc1ccccc1C1=Nc2ccccc2Sc2ccccc21. The number of para-hydroxylation sites is 2.